The molecule has 0 bridgehead atoms. The maximum atomic E-state index is 12.3. The van der Waals surface area contributed by atoms with Crippen molar-refractivity contribution in [2.24, 2.45) is 0 Å². The number of ether oxygens (including phenoxy) is 1. The van der Waals surface area contributed by atoms with E-state index in [0.717, 1.165) is 5.56 Å². The summed E-state index contributed by atoms with van der Waals surface area (Å²) in [5, 5.41) is 23.0. The van der Waals surface area contributed by atoms with Gasteiger partial charge in [0.25, 0.3) is 5.69 Å². The molecule has 0 spiro atoms. The van der Waals surface area contributed by atoms with Crippen molar-refractivity contribution in [3.63, 3.8) is 0 Å². The van der Waals surface area contributed by atoms with Gasteiger partial charge in [0.2, 0.25) is 5.91 Å². The fourth-order valence-corrected chi connectivity index (χ4v) is 3.58. The largest absolute Gasteiger partial charge is 0.486 e. The molecule has 9 nitrogen and oxygen atoms in total. The number of carbonyl (C=O) groups excluding carboxylic acids is 1. The summed E-state index contributed by atoms with van der Waals surface area (Å²) in [6.45, 7) is 6.30. The molecule has 166 valence electrons. The van der Waals surface area contributed by atoms with Crippen molar-refractivity contribution in [2.45, 2.75) is 25.2 Å². The fraction of sp³-hybridized carbons (Fsp3) is 0.190. The summed E-state index contributed by atoms with van der Waals surface area (Å²) in [5.41, 5.74) is 1.34. The van der Waals surface area contributed by atoms with Gasteiger partial charge in [0.15, 0.2) is 11.0 Å². The summed E-state index contributed by atoms with van der Waals surface area (Å²) in [5.74, 6) is 1.07. The third kappa shape index (κ3) is 6.08. The Morgan fingerprint density at radius 2 is 2.06 bits per heavy atom. The molecule has 32 heavy (non-hydrogen) atoms. The number of hydrogen-bond donors (Lipinski definition) is 1. The van der Waals surface area contributed by atoms with Gasteiger partial charge < -0.3 is 10.1 Å². The molecule has 0 aliphatic rings. The molecule has 1 heterocycles. The minimum absolute atomic E-state index is 0.0431. The zero-order valence-corrected chi connectivity index (χ0v) is 18.7. The first-order chi connectivity index (χ1) is 15.4. The quantitative estimate of drug-likeness (QED) is 0.197. The number of thioether (sulfide) groups is 1. The van der Waals surface area contributed by atoms with E-state index in [2.05, 4.69) is 22.1 Å². The average molecular weight is 474 g/mol. The van der Waals surface area contributed by atoms with Crippen molar-refractivity contribution in [1.82, 2.24) is 14.8 Å². The van der Waals surface area contributed by atoms with Crippen LogP contribution >= 0.6 is 23.4 Å². The smallest absolute Gasteiger partial charge is 0.269 e. The minimum atomic E-state index is -0.497. The number of amides is 1. The van der Waals surface area contributed by atoms with E-state index in [4.69, 9.17) is 16.3 Å². The summed E-state index contributed by atoms with van der Waals surface area (Å²) in [4.78, 5) is 22.5. The Morgan fingerprint density at radius 1 is 1.31 bits per heavy atom. The monoisotopic (exact) mass is 473 g/mol. The number of halogens is 1. The highest BCUT2D eigenvalue weighted by molar-refractivity contribution is 7.99. The number of nitro groups is 1. The van der Waals surface area contributed by atoms with Crippen LogP contribution in [0, 0.1) is 17.0 Å². The van der Waals surface area contributed by atoms with E-state index in [1.165, 1.54) is 36.0 Å². The number of rotatable bonds is 10. The lowest BCUT2D eigenvalue weighted by molar-refractivity contribution is -0.384. The molecule has 0 radical (unpaired) electrons. The van der Waals surface area contributed by atoms with Crippen LogP contribution in [0.4, 0.5) is 11.4 Å². The van der Waals surface area contributed by atoms with Crippen LogP contribution in [0.1, 0.15) is 11.4 Å². The van der Waals surface area contributed by atoms with E-state index in [1.807, 2.05) is 17.6 Å². The molecule has 2 aromatic carbocycles. The zero-order valence-electron chi connectivity index (χ0n) is 17.2. The predicted molar refractivity (Wildman–Crippen MR) is 123 cm³/mol. The van der Waals surface area contributed by atoms with Crippen molar-refractivity contribution in [3.05, 3.63) is 81.6 Å². The predicted octanol–water partition coefficient (Wildman–Crippen LogP) is 4.64. The maximum Gasteiger partial charge on any atom is 0.269 e. The summed E-state index contributed by atoms with van der Waals surface area (Å²) < 4.78 is 7.63. The lowest BCUT2D eigenvalue weighted by Gasteiger charge is -2.10. The average Bonchev–Trinajstić information content (AvgIpc) is 3.15. The number of aryl methyl sites for hydroxylation is 1. The van der Waals surface area contributed by atoms with Crippen LogP contribution < -0.4 is 10.1 Å². The molecule has 0 aliphatic heterocycles. The van der Waals surface area contributed by atoms with Crippen molar-refractivity contribution in [2.75, 3.05) is 11.1 Å². The van der Waals surface area contributed by atoms with Crippen molar-refractivity contribution in [1.29, 1.82) is 0 Å². The number of non-ortho nitro benzene ring substituents is 1. The highest BCUT2D eigenvalue weighted by atomic mass is 35.5. The van der Waals surface area contributed by atoms with E-state index < -0.39 is 4.92 Å². The SMILES string of the molecule is C=CCn1c(COc2ccc(Cl)c(C)c2)nnc1SCC(=O)Nc1ccc([N+](=O)[O-])cc1. The third-order valence-electron chi connectivity index (χ3n) is 4.30. The number of aromatic nitrogens is 3. The minimum Gasteiger partial charge on any atom is -0.486 e. The number of nitrogens with zero attached hydrogens (tertiary/aromatic N) is 4. The van der Waals surface area contributed by atoms with E-state index in [0.29, 0.717) is 34.0 Å². The first kappa shape index (κ1) is 23.3. The second-order valence-electron chi connectivity index (χ2n) is 6.64. The standard InChI is InChI=1S/C21H20ClN5O4S/c1-3-10-26-19(12-31-17-8-9-18(22)14(2)11-17)24-25-21(26)32-13-20(28)23-15-4-6-16(7-5-15)27(29)30/h3-9,11H,1,10,12-13H2,2H3,(H,23,28). The number of allylic oxidation sites excluding steroid dienone is 1. The van der Waals surface area contributed by atoms with Crippen LogP contribution in [-0.4, -0.2) is 31.3 Å². The molecule has 1 aromatic heterocycles. The highest BCUT2D eigenvalue weighted by Crippen LogP contribution is 2.23. The van der Waals surface area contributed by atoms with Crippen LogP contribution in [0.25, 0.3) is 0 Å². The van der Waals surface area contributed by atoms with E-state index in [9.17, 15) is 14.9 Å². The Kier molecular flexibility index (Phi) is 7.85. The van der Waals surface area contributed by atoms with Crippen LogP contribution in [0.3, 0.4) is 0 Å². The summed E-state index contributed by atoms with van der Waals surface area (Å²) in [6, 6.07) is 11.0. The molecule has 11 heteroatoms. The van der Waals surface area contributed by atoms with Crippen LogP contribution in [-0.2, 0) is 17.9 Å². The molecule has 0 fully saturated rings. The van der Waals surface area contributed by atoms with Crippen LogP contribution in [0.15, 0.2) is 60.3 Å². The van der Waals surface area contributed by atoms with Gasteiger partial charge in [0, 0.05) is 29.4 Å². The van der Waals surface area contributed by atoms with Crippen molar-refractivity contribution < 1.29 is 14.5 Å². The molecule has 0 unspecified atom stereocenters. The van der Waals surface area contributed by atoms with Gasteiger partial charge in [-0.25, -0.2) is 0 Å². The van der Waals surface area contributed by atoms with E-state index in [1.54, 1.807) is 18.2 Å². The number of nitro benzene ring substituents is 1. The molecule has 1 N–H and O–H groups in total. The molecule has 0 saturated heterocycles. The number of anilines is 1. The summed E-state index contributed by atoms with van der Waals surface area (Å²) in [7, 11) is 0. The second kappa shape index (κ2) is 10.8. The van der Waals surface area contributed by atoms with Crippen molar-refractivity contribution in [3.8, 4) is 5.75 Å². The van der Waals surface area contributed by atoms with Gasteiger partial charge in [-0.1, -0.05) is 29.4 Å². The van der Waals surface area contributed by atoms with Gasteiger partial charge >= 0.3 is 0 Å². The molecule has 3 rings (SSSR count). The number of hydrogen-bond acceptors (Lipinski definition) is 7. The van der Waals surface area contributed by atoms with E-state index >= 15 is 0 Å². The Balaban J connectivity index is 1.60. The maximum absolute atomic E-state index is 12.3. The molecule has 0 atom stereocenters. The summed E-state index contributed by atoms with van der Waals surface area (Å²) in [6.07, 6.45) is 1.71. The lowest BCUT2D eigenvalue weighted by Crippen LogP contribution is -2.15. The van der Waals surface area contributed by atoms with Gasteiger partial charge in [-0.2, -0.15) is 0 Å². The highest BCUT2D eigenvalue weighted by Gasteiger charge is 2.15. The van der Waals surface area contributed by atoms with Gasteiger partial charge in [-0.15, -0.1) is 16.8 Å². The Labute approximate surface area is 193 Å². The molecule has 0 aliphatic carbocycles. The summed E-state index contributed by atoms with van der Waals surface area (Å²) >= 11 is 7.26. The first-order valence-electron chi connectivity index (χ1n) is 9.46. The van der Waals surface area contributed by atoms with Gasteiger partial charge in [0.05, 0.1) is 10.7 Å². The molecule has 3 aromatic rings. The number of carbonyl (C=O) groups is 1. The van der Waals surface area contributed by atoms with Crippen LogP contribution in [0.2, 0.25) is 5.02 Å². The van der Waals surface area contributed by atoms with Gasteiger partial charge in [-0.3, -0.25) is 19.5 Å². The number of nitrogens with one attached hydrogen (secondary N) is 1. The fourth-order valence-electron chi connectivity index (χ4n) is 2.69. The second-order valence-corrected chi connectivity index (χ2v) is 7.99. The molecule has 0 saturated carbocycles. The normalized spacial score (nSPS) is 10.6. The zero-order chi connectivity index (χ0) is 23.1. The van der Waals surface area contributed by atoms with E-state index in [-0.39, 0.29) is 24.0 Å². The number of benzene rings is 2. The Hall–Kier alpha value is -3.37. The molecule has 1 amide bonds. The Morgan fingerprint density at radius 3 is 2.72 bits per heavy atom. The topological polar surface area (TPSA) is 112 Å². The van der Waals surface area contributed by atoms with Gasteiger partial charge in [0.1, 0.15) is 12.4 Å². The lowest BCUT2D eigenvalue weighted by atomic mass is 10.2. The molecular weight excluding hydrogens is 454 g/mol. The van der Waals surface area contributed by atoms with Crippen LogP contribution in [0.5, 0.6) is 5.75 Å². The molecular formula is C21H20ClN5O4S. The third-order valence-corrected chi connectivity index (χ3v) is 5.69. The van der Waals surface area contributed by atoms with Crippen molar-refractivity contribution >= 4 is 40.6 Å². The van der Waals surface area contributed by atoms with Gasteiger partial charge in [-0.05, 0) is 42.8 Å². The first-order valence-corrected chi connectivity index (χ1v) is 10.8. The Bertz CT molecular complexity index is 1130.